The predicted octanol–water partition coefficient (Wildman–Crippen LogP) is 4.39. The van der Waals surface area contributed by atoms with Gasteiger partial charge in [-0.3, -0.25) is 4.90 Å². The fraction of sp³-hybridized carbons (Fsp3) is 0.500. The van der Waals surface area contributed by atoms with Crippen molar-refractivity contribution in [3.8, 4) is 0 Å². The van der Waals surface area contributed by atoms with Crippen LogP contribution in [0.3, 0.4) is 0 Å². The fourth-order valence-corrected chi connectivity index (χ4v) is 4.86. The Bertz CT molecular complexity index is 666. The summed E-state index contributed by atoms with van der Waals surface area (Å²) in [5, 5.41) is 2.06. The summed E-state index contributed by atoms with van der Waals surface area (Å²) in [4.78, 5) is 11.0. The lowest BCUT2D eigenvalue weighted by atomic mass is 9.99. The molecule has 1 atom stereocenters. The molecule has 5 heteroatoms. The van der Waals surface area contributed by atoms with Crippen molar-refractivity contribution in [3.05, 3.63) is 45.9 Å². The Morgan fingerprint density at radius 1 is 1.22 bits per heavy atom. The van der Waals surface area contributed by atoms with Gasteiger partial charge in [-0.15, -0.1) is 11.3 Å². The Balaban J connectivity index is 1.37. The van der Waals surface area contributed by atoms with Gasteiger partial charge in [-0.05, 0) is 49.4 Å². The zero-order valence-corrected chi connectivity index (χ0v) is 14.8. The molecule has 0 unspecified atom stereocenters. The lowest BCUT2D eigenvalue weighted by Gasteiger charge is -2.15. The minimum atomic E-state index is 0.611. The van der Waals surface area contributed by atoms with E-state index >= 15 is 0 Å². The van der Waals surface area contributed by atoms with E-state index in [1.54, 1.807) is 0 Å². The average molecular weight is 348 g/mol. The molecule has 0 radical (unpaired) electrons. The summed E-state index contributed by atoms with van der Waals surface area (Å²) in [5.41, 5.74) is 1.38. The Hall–Kier alpha value is -1.10. The van der Waals surface area contributed by atoms with Gasteiger partial charge in [0.25, 0.3) is 0 Å². The number of rotatable bonds is 4. The second kappa shape index (κ2) is 6.80. The zero-order chi connectivity index (χ0) is 15.6. The van der Waals surface area contributed by atoms with Crippen LogP contribution in [0, 0.1) is 0 Å². The van der Waals surface area contributed by atoms with Crippen LogP contribution in [0.5, 0.6) is 0 Å². The molecule has 0 amide bonds. The lowest BCUT2D eigenvalue weighted by Crippen LogP contribution is -2.19. The van der Waals surface area contributed by atoms with E-state index in [1.165, 1.54) is 47.9 Å². The summed E-state index contributed by atoms with van der Waals surface area (Å²) >= 11 is 8.00. The van der Waals surface area contributed by atoms with Gasteiger partial charge in [-0.25, -0.2) is 4.98 Å². The molecule has 0 spiro atoms. The fourth-order valence-electron chi connectivity index (χ4n) is 3.65. The van der Waals surface area contributed by atoms with E-state index in [-0.39, 0.29) is 0 Å². The van der Waals surface area contributed by atoms with Crippen molar-refractivity contribution in [2.24, 2.45) is 0 Å². The number of thiazole rings is 1. The van der Waals surface area contributed by atoms with E-state index in [2.05, 4.69) is 39.2 Å². The quantitative estimate of drug-likeness (QED) is 0.817. The van der Waals surface area contributed by atoms with Gasteiger partial charge >= 0.3 is 0 Å². The van der Waals surface area contributed by atoms with Crippen LogP contribution in [0.25, 0.3) is 0 Å². The first-order valence-electron chi connectivity index (χ1n) is 8.45. The first-order chi connectivity index (χ1) is 11.3. The van der Waals surface area contributed by atoms with E-state index in [4.69, 9.17) is 11.6 Å². The van der Waals surface area contributed by atoms with E-state index in [0.717, 1.165) is 24.7 Å². The molecule has 2 aromatic rings. The van der Waals surface area contributed by atoms with Crippen molar-refractivity contribution in [2.45, 2.75) is 31.7 Å². The van der Waals surface area contributed by atoms with E-state index in [9.17, 15) is 0 Å². The molecule has 0 aliphatic carbocycles. The van der Waals surface area contributed by atoms with Gasteiger partial charge in [0, 0.05) is 42.3 Å². The van der Waals surface area contributed by atoms with Gasteiger partial charge in [0.15, 0.2) is 5.13 Å². The van der Waals surface area contributed by atoms with Crippen LogP contribution in [0.15, 0.2) is 30.5 Å². The summed E-state index contributed by atoms with van der Waals surface area (Å²) in [7, 11) is 0. The highest BCUT2D eigenvalue weighted by atomic mass is 35.5. The van der Waals surface area contributed by atoms with Crippen molar-refractivity contribution >= 4 is 28.1 Å². The monoisotopic (exact) mass is 347 g/mol. The summed E-state index contributed by atoms with van der Waals surface area (Å²) in [6.45, 7) is 5.66. The molecular weight excluding hydrogens is 326 g/mol. The zero-order valence-electron chi connectivity index (χ0n) is 13.2. The second-order valence-electron chi connectivity index (χ2n) is 6.58. The molecule has 3 heterocycles. The molecule has 122 valence electrons. The third-order valence-corrected chi connectivity index (χ3v) is 6.17. The highest BCUT2D eigenvalue weighted by Gasteiger charge is 2.25. The molecular formula is C18H22ClN3S. The molecule has 3 nitrogen and oxygen atoms in total. The summed E-state index contributed by atoms with van der Waals surface area (Å²) in [6, 6.07) is 8.34. The van der Waals surface area contributed by atoms with Crippen molar-refractivity contribution in [2.75, 3.05) is 31.1 Å². The van der Waals surface area contributed by atoms with Crippen molar-refractivity contribution in [1.29, 1.82) is 0 Å². The number of halogens is 1. The Labute approximate surface area is 146 Å². The van der Waals surface area contributed by atoms with E-state index in [1.807, 2.05) is 17.4 Å². The predicted molar refractivity (Wildman–Crippen MR) is 97.6 cm³/mol. The van der Waals surface area contributed by atoms with Crippen molar-refractivity contribution in [1.82, 2.24) is 9.88 Å². The van der Waals surface area contributed by atoms with Crippen LogP contribution in [-0.2, 0) is 6.54 Å². The molecule has 2 aliphatic rings. The number of anilines is 1. The minimum Gasteiger partial charge on any atom is -0.348 e. The van der Waals surface area contributed by atoms with Crippen molar-refractivity contribution < 1.29 is 0 Å². The third-order valence-electron chi connectivity index (χ3n) is 4.89. The SMILES string of the molecule is Clc1cccc([C@H]2CCN(Cc3cnc(N4CCCC4)s3)C2)c1. The van der Waals surface area contributed by atoms with Crippen LogP contribution < -0.4 is 4.90 Å². The van der Waals surface area contributed by atoms with Gasteiger partial charge in [-0.2, -0.15) is 0 Å². The normalized spacial score (nSPS) is 22.1. The van der Waals surface area contributed by atoms with E-state index in [0.29, 0.717) is 5.92 Å². The number of hydrogen-bond donors (Lipinski definition) is 0. The minimum absolute atomic E-state index is 0.611. The summed E-state index contributed by atoms with van der Waals surface area (Å²) in [6.07, 6.45) is 5.91. The number of nitrogens with zero attached hydrogens (tertiary/aromatic N) is 3. The molecule has 0 saturated carbocycles. The van der Waals surface area contributed by atoms with Gasteiger partial charge in [0.2, 0.25) is 0 Å². The highest BCUT2D eigenvalue weighted by Crippen LogP contribution is 2.31. The van der Waals surface area contributed by atoms with Gasteiger partial charge in [0.05, 0.1) is 0 Å². The first-order valence-corrected chi connectivity index (χ1v) is 9.65. The Morgan fingerprint density at radius 2 is 2.09 bits per heavy atom. The van der Waals surface area contributed by atoms with Crippen molar-refractivity contribution in [3.63, 3.8) is 0 Å². The number of hydrogen-bond acceptors (Lipinski definition) is 4. The lowest BCUT2D eigenvalue weighted by molar-refractivity contribution is 0.329. The van der Waals surface area contributed by atoms with Crippen LogP contribution >= 0.6 is 22.9 Å². The second-order valence-corrected chi connectivity index (χ2v) is 8.11. The molecule has 0 bridgehead atoms. The summed E-state index contributed by atoms with van der Waals surface area (Å²) < 4.78 is 0. The number of aromatic nitrogens is 1. The maximum atomic E-state index is 6.13. The summed E-state index contributed by atoms with van der Waals surface area (Å²) in [5.74, 6) is 0.611. The molecule has 2 saturated heterocycles. The van der Waals surface area contributed by atoms with Gasteiger partial charge in [-0.1, -0.05) is 23.7 Å². The van der Waals surface area contributed by atoms with Gasteiger partial charge < -0.3 is 4.90 Å². The maximum absolute atomic E-state index is 6.13. The number of benzene rings is 1. The molecule has 1 aromatic carbocycles. The van der Waals surface area contributed by atoms with Crippen LogP contribution in [-0.4, -0.2) is 36.1 Å². The molecule has 23 heavy (non-hydrogen) atoms. The third kappa shape index (κ3) is 3.54. The molecule has 1 aromatic heterocycles. The molecule has 0 N–H and O–H groups in total. The highest BCUT2D eigenvalue weighted by molar-refractivity contribution is 7.15. The smallest absolute Gasteiger partial charge is 0.185 e. The molecule has 2 fully saturated rings. The standard InChI is InChI=1S/C18H22ClN3S/c19-16-5-3-4-14(10-16)15-6-9-21(12-15)13-17-11-20-18(23-17)22-7-1-2-8-22/h3-5,10-11,15H,1-2,6-9,12-13H2/t15-/m0/s1. The molecule has 4 rings (SSSR count). The van der Waals surface area contributed by atoms with E-state index < -0.39 is 0 Å². The van der Waals surface area contributed by atoms with Crippen LogP contribution in [0.4, 0.5) is 5.13 Å². The average Bonchev–Trinajstić information content (AvgIpc) is 3.29. The Kier molecular flexibility index (Phi) is 4.56. The Morgan fingerprint density at radius 3 is 2.91 bits per heavy atom. The largest absolute Gasteiger partial charge is 0.348 e. The van der Waals surface area contributed by atoms with Gasteiger partial charge in [0.1, 0.15) is 0 Å². The van der Waals surface area contributed by atoms with Crippen LogP contribution in [0.2, 0.25) is 5.02 Å². The first kappa shape index (κ1) is 15.4. The van der Waals surface area contributed by atoms with Crippen LogP contribution in [0.1, 0.15) is 35.6 Å². The number of likely N-dealkylation sites (tertiary alicyclic amines) is 1. The topological polar surface area (TPSA) is 19.4 Å². The maximum Gasteiger partial charge on any atom is 0.185 e. The molecule has 2 aliphatic heterocycles.